The highest BCUT2D eigenvalue weighted by atomic mass is 32.2. The van der Waals surface area contributed by atoms with Crippen LogP contribution in [0, 0.1) is 0 Å². The highest BCUT2D eigenvalue weighted by Gasteiger charge is 2.15. The van der Waals surface area contributed by atoms with Gasteiger partial charge in [-0.25, -0.2) is 4.98 Å². The van der Waals surface area contributed by atoms with Crippen molar-refractivity contribution in [1.29, 1.82) is 0 Å². The number of nitrogens with zero attached hydrogens (tertiary/aromatic N) is 2. The van der Waals surface area contributed by atoms with E-state index in [4.69, 9.17) is 0 Å². The van der Waals surface area contributed by atoms with Crippen LogP contribution in [0.5, 0.6) is 0 Å². The molecule has 1 heterocycles. The quantitative estimate of drug-likeness (QED) is 0.678. The number of hydrogen-bond donors (Lipinski definition) is 1. The lowest BCUT2D eigenvalue weighted by molar-refractivity contribution is 0.976. The molecule has 17 heavy (non-hydrogen) atoms. The first-order chi connectivity index (χ1) is 8.04. The minimum atomic E-state index is -1.04. The Hall–Kier alpha value is -1.07. The van der Waals surface area contributed by atoms with Crippen LogP contribution in [0.15, 0.2) is 35.5 Å². The topological polar surface area (TPSA) is 41.6 Å². The van der Waals surface area contributed by atoms with Crippen LogP contribution < -0.4 is 0 Å². The molecule has 0 spiro atoms. The zero-order chi connectivity index (χ0) is 12.3. The molecule has 0 aliphatic carbocycles. The van der Waals surface area contributed by atoms with E-state index in [0.717, 1.165) is 21.9 Å². The van der Waals surface area contributed by atoms with Crippen LogP contribution in [0.2, 0.25) is 19.6 Å². The molecule has 1 aromatic carbocycles. The van der Waals surface area contributed by atoms with Crippen molar-refractivity contribution in [1.82, 2.24) is 15.2 Å². The van der Waals surface area contributed by atoms with Gasteiger partial charge in [-0.3, -0.25) is 5.10 Å². The summed E-state index contributed by atoms with van der Waals surface area (Å²) in [6, 6.07) is 10.1. The normalized spacial score (nSPS) is 11.7. The van der Waals surface area contributed by atoms with E-state index in [9.17, 15) is 0 Å². The van der Waals surface area contributed by atoms with Gasteiger partial charge in [-0.1, -0.05) is 61.7 Å². The van der Waals surface area contributed by atoms with E-state index in [0.29, 0.717) is 0 Å². The average molecular weight is 263 g/mol. The number of benzene rings is 1. The third kappa shape index (κ3) is 3.71. The van der Waals surface area contributed by atoms with Gasteiger partial charge in [0.25, 0.3) is 0 Å². The van der Waals surface area contributed by atoms with E-state index >= 15 is 0 Å². The fourth-order valence-corrected chi connectivity index (χ4v) is 3.83. The van der Waals surface area contributed by atoms with E-state index < -0.39 is 8.07 Å². The maximum absolute atomic E-state index is 4.50. The minimum Gasteiger partial charge on any atom is -0.258 e. The molecule has 90 valence electrons. The lowest BCUT2D eigenvalue weighted by Gasteiger charge is -2.12. The second-order valence-corrected chi connectivity index (χ2v) is 12.1. The molecule has 3 nitrogen and oxygen atoms in total. The van der Waals surface area contributed by atoms with Crippen molar-refractivity contribution in [2.45, 2.75) is 24.8 Å². The monoisotopic (exact) mass is 263 g/mol. The van der Waals surface area contributed by atoms with Gasteiger partial charge in [0, 0.05) is 5.56 Å². The summed E-state index contributed by atoms with van der Waals surface area (Å²) in [5.74, 6) is 0.851. The fourth-order valence-electron chi connectivity index (χ4n) is 1.32. The number of H-pyrrole nitrogens is 1. The number of aromatic nitrogens is 3. The maximum atomic E-state index is 4.50. The first-order valence-corrected chi connectivity index (χ1v) is 10.3. The second kappa shape index (κ2) is 5.06. The molecule has 0 radical (unpaired) electrons. The maximum Gasteiger partial charge on any atom is 0.208 e. The van der Waals surface area contributed by atoms with Crippen LogP contribution in [0.3, 0.4) is 0 Å². The molecule has 0 unspecified atom stereocenters. The number of rotatable bonds is 4. The van der Waals surface area contributed by atoms with Gasteiger partial charge in [0.1, 0.15) is 0 Å². The molecule has 0 atom stereocenters. The summed E-state index contributed by atoms with van der Waals surface area (Å²) < 4.78 is 0. The van der Waals surface area contributed by atoms with Gasteiger partial charge in [0.15, 0.2) is 5.82 Å². The third-order valence-electron chi connectivity index (χ3n) is 2.15. The van der Waals surface area contributed by atoms with Crippen LogP contribution in [0.4, 0.5) is 0 Å². The molecule has 0 aliphatic heterocycles. The molecule has 2 rings (SSSR count). The Labute approximate surface area is 107 Å². The molecule has 1 aromatic heterocycles. The van der Waals surface area contributed by atoms with Crippen molar-refractivity contribution in [3.05, 3.63) is 30.3 Å². The van der Waals surface area contributed by atoms with Crippen LogP contribution >= 0.6 is 11.8 Å². The van der Waals surface area contributed by atoms with E-state index in [1.165, 1.54) is 0 Å². The molecular formula is C12H17N3SSi. The zero-order valence-corrected chi connectivity index (χ0v) is 12.2. The highest BCUT2D eigenvalue weighted by molar-refractivity contribution is 8.00. The molecule has 0 aliphatic rings. The summed E-state index contributed by atoms with van der Waals surface area (Å²) >= 11 is 1.75. The summed E-state index contributed by atoms with van der Waals surface area (Å²) in [6.07, 6.45) is 0. The Morgan fingerprint density at radius 1 is 1.18 bits per heavy atom. The third-order valence-corrected chi connectivity index (χ3v) is 6.63. The summed E-state index contributed by atoms with van der Waals surface area (Å²) in [5, 5.41) is 9.24. The van der Waals surface area contributed by atoms with E-state index in [1.54, 1.807) is 11.8 Å². The number of aromatic amines is 1. The number of thioether (sulfide) groups is 1. The predicted octanol–water partition coefficient (Wildman–Crippen LogP) is 3.44. The van der Waals surface area contributed by atoms with Crippen molar-refractivity contribution in [2.24, 2.45) is 0 Å². The van der Waals surface area contributed by atoms with Crippen molar-refractivity contribution in [2.75, 3.05) is 5.38 Å². The first kappa shape index (κ1) is 12.4. The molecule has 0 saturated heterocycles. The lowest BCUT2D eigenvalue weighted by Crippen LogP contribution is -2.23. The van der Waals surface area contributed by atoms with Gasteiger partial charge in [0.2, 0.25) is 5.16 Å². The van der Waals surface area contributed by atoms with Crippen molar-refractivity contribution < 1.29 is 0 Å². The zero-order valence-electron chi connectivity index (χ0n) is 10.4. The van der Waals surface area contributed by atoms with Gasteiger partial charge in [-0.05, 0) is 5.38 Å². The van der Waals surface area contributed by atoms with Gasteiger partial charge in [-0.15, -0.1) is 5.10 Å². The summed E-state index contributed by atoms with van der Waals surface area (Å²) in [4.78, 5) is 4.50. The first-order valence-electron chi connectivity index (χ1n) is 5.65. The van der Waals surface area contributed by atoms with Gasteiger partial charge < -0.3 is 0 Å². The smallest absolute Gasteiger partial charge is 0.208 e. The Morgan fingerprint density at radius 2 is 1.88 bits per heavy atom. The van der Waals surface area contributed by atoms with Crippen molar-refractivity contribution in [3.63, 3.8) is 0 Å². The Morgan fingerprint density at radius 3 is 2.53 bits per heavy atom. The fraction of sp³-hybridized carbons (Fsp3) is 0.333. The molecule has 0 saturated carbocycles. The van der Waals surface area contributed by atoms with Gasteiger partial charge >= 0.3 is 0 Å². The molecule has 2 aromatic rings. The molecule has 1 N–H and O–H groups in total. The Bertz CT molecular complexity index is 476. The molecule has 5 heteroatoms. The summed E-state index contributed by atoms with van der Waals surface area (Å²) in [7, 11) is -1.04. The number of nitrogens with one attached hydrogen (secondary N) is 1. The van der Waals surface area contributed by atoms with Crippen molar-refractivity contribution in [3.8, 4) is 11.4 Å². The largest absolute Gasteiger partial charge is 0.258 e. The SMILES string of the molecule is C[Si](C)(C)CSc1n[nH]c(-c2ccccc2)n1. The van der Waals surface area contributed by atoms with Crippen LogP contribution in [-0.2, 0) is 0 Å². The summed E-state index contributed by atoms with van der Waals surface area (Å²) in [5.41, 5.74) is 1.08. The lowest BCUT2D eigenvalue weighted by atomic mass is 10.2. The summed E-state index contributed by atoms with van der Waals surface area (Å²) in [6.45, 7) is 7.06. The van der Waals surface area contributed by atoms with Crippen LogP contribution in [-0.4, -0.2) is 28.6 Å². The van der Waals surface area contributed by atoms with Crippen LogP contribution in [0.1, 0.15) is 0 Å². The Balaban J connectivity index is 2.07. The predicted molar refractivity (Wildman–Crippen MR) is 75.9 cm³/mol. The molecule has 0 bridgehead atoms. The van der Waals surface area contributed by atoms with E-state index in [1.807, 2.05) is 30.3 Å². The average Bonchev–Trinajstić information content (AvgIpc) is 2.75. The number of hydrogen-bond acceptors (Lipinski definition) is 3. The van der Waals surface area contributed by atoms with Crippen molar-refractivity contribution >= 4 is 19.8 Å². The minimum absolute atomic E-state index is 0.851. The molecule has 0 fully saturated rings. The highest BCUT2D eigenvalue weighted by Crippen LogP contribution is 2.21. The molecule has 0 amide bonds. The Kier molecular flexibility index (Phi) is 3.68. The second-order valence-electron chi connectivity index (χ2n) is 5.18. The van der Waals surface area contributed by atoms with Crippen LogP contribution in [0.25, 0.3) is 11.4 Å². The van der Waals surface area contributed by atoms with E-state index in [2.05, 4.69) is 34.8 Å². The molecular weight excluding hydrogens is 246 g/mol. The van der Waals surface area contributed by atoms with Gasteiger partial charge in [-0.2, -0.15) is 0 Å². The van der Waals surface area contributed by atoms with E-state index in [-0.39, 0.29) is 0 Å². The standard InChI is InChI=1S/C12H17N3SSi/c1-17(2,3)9-16-12-13-11(14-15-12)10-7-5-4-6-8-10/h4-8H,9H2,1-3H3,(H,13,14,15). The van der Waals surface area contributed by atoms with Gasteiger partial charge in [0.05, 0.1) is 8.07 Å².